The van der Waals surface area contributed by atoms with E-state index in [4.69, 9.17) is 28.4 Å². The van der Waals surface area contributed by atoms with Crippen LogP contribution in [0.5, 0.6) is 86.2 Å². The van der Waals surface area contributed by atoms with Gasteiger partial charge < -0.3 is 105 Å². The third-order valence-corrected chi connectivity index (χ3v) is 9.45. The minimum atomic E-state index is -2.56. The zero-order valence-corrected chi connectivity index (χ0v) is 33.1. The molecule has 1 aliphatic rings. The third kappa shape index (κ3) is 10.2. The van der Waals surface area contributed by atoms with Crippen molar-refractivity contribution in [3.63, 3.8) is 0 Å². The van der Waals surface area contributed by atoms with Crippen LogP contribution in [-0.4, -0.2) is 161 Å². The Hall–Kier alpha value is -9.05. The van der Waals surface area contributed by atoms with Crippen LogP contribution in [0.1, 0.15) is 51.8 Å². The number of phenols is 15. The van der Waals surface area contributed by atoms with Crippen LogP contribution >= 0.6 is 0 Å². The second-order valence-electron chi connectivity index (χ2n) is 14.0. The van der Waals surface area contributed by atoms with Gasteiger partial charge in [-0.3, -0.25) is 0 Å². The number of carbonyl (C=O) groups is 5. The van der Waals surface area contributed by atoms with E-state index in [1.54, 1.807) is 0 Å². The molecule has 1 saturated heterocycles. The van der Waals surface area contributed by atoms with Gasteiger partial charge in [0, 0.05) is 0 Å². The molecule has 6 rings (SSSR count). The van der Waals surface area contributed by atoms with E-state index in [-0.39, 0.29) is 17.6 Å². The van der Waals surface area contributed by atoms with Crippen molar-refractivity contribution >= 4 is 47.4 Å². The fourth-order valence-electron chi connectivity index (χ4n) is 6.11. The van der Waals surface area contributed by atoms with Gasteiger partial charge in [0.2, 0.25) is 12.4 Å². The van der Waals surface area contributed by atoms with Gasteiger partial charge in [0.05, 0.1) is 27.8 Å². The molecule has 0 bridgehead atoms. The number of hydrogen-bond acceptors (Lipinski definition) is 26. The molecule has 0 aliphatic carbocycles. The molecule has 0 amide bonds. The summed E-state index contributed by atoms with van der Waals surface area (Å²) in [5.41, 5.74) is -3.88. The zero-order valence-electron chi connectivity index (χ0n) is 33.1. The summed E-state index contributed by atoms with van der Waals surface area (Å²) in [6.07, 6.45) is -12.2. The number of ether oxygens (including phenoxy) is 6. The Bertz CT molecular complexity index is 2730. The van der Waals surface area contributed by atoms with Crippen LogP contribution in [0.3, 0.4) is 0 Å². The van der Waals surface area contributed by atoms with Crippen LogP contribution < -0.4 is 0 Å². The predicted molar refractivity (Wildman–Crippen MR) is 220 cm³/mol. The number of carbonyl (C=O) groups excluding carboxylic acids is 5. The van der Waals surface area contributed by atoms with Crippen LogP contribution in [0.2, 0.25) is 0 Å². The predicted octanol–water partition coefficient (Wildman–Crippen LogP) is 0.235. The molecule has 68 heavy (non-hydrogen) atoms. The van der Waals surface area contributed by atoms with Gasteiger partial charge in [-0.2, -0.15) is 0 Å². The fourth-order valence-corrected chi connectivity index (χ4v) is 6.11. The second kappa shape index (κ2) is 19.6. The monoisotopic (exact) mass is 1020 g/mol. The van der Waals surface area contributed by atoms with E-state index in [0.717, 1.165) is 0 Å². The first-order valence-corrected chi connectivity index (χ1v) is 18.4. The molecule has 27 heteroatoms. The summed E-state index contributed by atoms with van der Waals surface area (Å²) in [6, 6.07) is 5.60. The number of rotatable bonds is 11. The van der Waals surface area contributed by atoms with E-state index in [1.165, 1.54) is 0 Å². The van der Waals surface area contributed by atoms with Gasteiger partial charge in [0.25, 0.3) is 0 Å². The summed E-state index contributed by atoms with van der Waals surface area (Å²) in [6.45, 7) is -1.25. The molecule has 5 aromatic rings. The minimum absolute atomic E-state index is 0. The van der Waals surface area contributed by atoms with E-state index in [0.29, 0.717) is 60.7 Å². The molecule has 1 heterocycles. The Balaban J connectivity index is 0.00000864. The number of benzene rings is 5. The number of phenolic OH excluding ortho intramolecular Hbond substituents is 15. The number of hydrogen-bond donors (Lipinski definition) is 15. The van der Waals surface area contributed by atoms with Crippen molar-refractivity contribution in [1.82, 2.24) is 0 Å². The van der Waals surface area contributed by atoms with Gasteiger partial charge in [-0.15, -0.1) is 0 Å². The molecule has 5 atom stereocenters. The van der Waals surface area contributed by atoms with Crippen molar-refractivity contribution in [1.29, 1.82) is 0 Å². The van der Waals surface area contributed by atoms with Crippen molar-refractivity contribution in [2.75, 3.05) is 6.61 Å². The van der Waals surface area contributed by atoms with Crippen molar-refractivity contribution in [3.05, 3.63) is 88.5 Å². The van der Waals surface area contributed by atoms with Crippen LogP contribution in [0, 0.1) is 0 Å². The first-order valence-electron chi connectivity index (χ1n) is 18.4. The van der Waals surface area contributed by atoms with Crippen LogP contribution in [-0.2, 0) is 28.4 Å². The van der Waals surface area contributed by atoms with Crippen LogP contribution in [0.4, 0.5) is 0 Å². The SMILES string of the molecule is O=C(OC[C@H]1OC(OC(=O)c2cc(O)c(O)c(O)c2)[C@H](OC(=O)c2cc(O)c(O)c(O)c2)[C@@H](OC(=O)c2cc(O)c(O)c(O)c2)[C@@H]1OC(=O)c1cc(O)c(O)c(O)c1)c1cc(O)c(O)c(O)c1.[GeH4]. The Morgan fingerprint density at radius 1 is 0.353 bits per heavy atom. The first kappa shape index (κ1) is 50.0. The number of aromatic hydroxyl groups is 15. The van der Waals surface area contributed by atoms with E-state index in [2.05, 4.69) is 0 Å². The summed E-state index contributed by atoms with van der Waals surface area (Å²) in [5, 5.41) is 150. The first-order chi connectivity index (χ1) is 31.4. The molecule has 5 aromatic carbocycles. The third-order valence-electron chi connectivity index (χ3n) is 9.45. The van der Waals surface area contributed by atoms with Crippen molar-refractivity contribution < 1.29 is 129 Å². The Labute approximate surface area is 387 Å². The van der Waals surface area contributed by atoms with Gasteiger partial charge in [0.15, 0.2) is 98.5 Å². The molecule has 1 aliphatic heterocycles. The van der Waals surface area contributed by atoms with Crippen molar-refractivity contribution in [2.45, 2.75) is 30.7 Å². The summed E-state index contributed by atoms with van der Waals surface area (Å²) in [7, 11) is 0. The average molecular weight is 1020 g/mol. The van der Waals surface area contributed by atoms with Crippen LogP contribution in [0.15, 0.2) is 60.7 Å². The molecule has 360 valence electrons. The molecule has 1 unspecified atom stereocenters. The van der Waals surface area contributed by atoms with Gasteiger partial charge >= 0.3 is 47.4 Å². The zero-order chi connectivity index (χ0) is 49.3. The van der Waals surface area contributed by atoms with E-state index in [1.807, 2.05) is 0 Å². The number of esters is 5. The summed E-state index contributed by atoms with van der Waals surface area (Å²) < 4.78 is 33.2. The standard InChI is InChI=1S/C41H32O26.GeH4/c42-17-1-12(2-18(43)28(17)52)36(57)62-11-27-33(64-37(58)13-3-19(44)29(53)20(45)4-13)34(65-38(59)14-5-21(46)30(54)22(47)6-14)35(66-39(60)15-7-23(48)31(55)24(49)8-15)41(63-27)67-40(61)16-9-25(50)32(56)26(51)10-16;/h1-10,27,33-35,41-56H,11H2;1H4/t27-,33-,34+,35-,41?;/m1./s1. The summed E-state index contributed by atoms with van der Waals surface area (Å²) >= 11 is 0. The van der Waals surface area contributed by atoms with Gasteiger partial charge in [-0.1, -0.05) is 0 Å². The molecule has 15 N–H and O–H groups in total. The Kier molecular flexibility index (Phi) is 14.4. The van der Waals surface area contributed by atoms with Gasteiger partial charge in [-0.05, 0) is 60.7 Å². The quantitative estimate of drug-likeness (QED) is 0.0364. The maximum atomic E-state index is 13.9. The van der Waals surface area contributed by atoms with Crippen LogP contribution in [0.25, 0.3) is 0 Å². The topological polar surface area (TPSA) is 444 Å². The Morgan fingerprint density at radius 2 is 0.588 bits per heavy atom. The Morgan fingerprint density at radius 3 is 0.882 bits per heavy atom. The summed E-state index contributed by atoms with van der Waals surface area (Å²) in [5.74, 6) is -24.5. The van der Waals surface area contributed by atoms with E-state index >= 15 is 0 Å². The molecule has 26 nitrogen and oxygen atoms in total. The fraction of sp³-hybridized carbons (Fsp3) is 0.146. The molecule has 1 fully saturated rings. The molecule has 0 aromatic heterocycles. The molecule has 0 radical (unpaired) electrons. The second-order valence-corrected chi connectivity index (χ2v) is 14.0. The van der Waals surface area contributed by atoms with Gasteiger partial charge in [0.1, 0.15) is 12.7 Å². The average Bonchev–Trinajstić information content (AvgIpc) is 3.27. The van der Waals surface area contributed by atoms with Crippen molar-refractivity contribution in [2.24, 2.45) is 0 Å². The van der Waals surface area contributed by atoms with E-state index < -0.39 is 181 Å². The van der Waals surface area contributed by atoms with Gasteiger partial charge in [-0.25, -0.2) is 24.0 Å². The normalized spacial score (nSPS) is 17.4. The van der Waals surface area contributed by atoms with E-state index in [9.17, 15) is 101 Å². The molecule has 0 spiro atoms. The summed E-state index contributed by atoms with van der Waals surface area (Å²) in [4.78, 5) is 68.5. The van der Waals surface area contributed by atoms with Crippen molar-refractivity contribution in [3.8, 4) is 86.2 Å². The molecular formula is C41H36GeO26. The molecule has 0 saturated carbocycles. The molecular weight excluding hydrogens is 981 g/mol. The maximum absolute atomic E-state index is 13.9.